The lowest BCUT2D eigenvalue weighted by molar-refractivity contribution is -0.420. The van der Waals surface area contributed by atoms with E-state index in [-0.39, 0.29) is 10.9 Å². The zero-order valence-electron chi connectivity index (χ0n) is 6.67. The summed E-state index contributed by atoms with van der Waals surface area (Å²) in [5.41, 5.74) is 1.96. The van der Waals surface area contributed by atoms with Crippen LogP contribution in [0.1, 0.15) is 13.8 Å². The van der Waals surface area contributed by atoms with Gasteiger partial charge in [-0.15, -0.1) is 0 Å². The van der Waals surface area contributed by atoms with E-state index >= 15 is 0 Å². The van der Waals surface area contributed by atoms with Crippen LogP contribution in [-0.2, 0) is 0 Å². The van der Waals surface area contributed by atoms with Gasteiger partial charge >= 0.3 is 0 Å². The van der Waals surface area contributed by atoms with Crippen LogP contribution in [0.3, 0.4) is 0 Å². The van der Waals surface area contributed by atoms with Crippen LogP contribution < -0.4 is 5.48 Å². The Labute approximate surface area is 74.4 Å². The summed E-state index contributed by atoms with van der Waals surface area (Å²) in [6.07, 6.45) is 1.04. The minimum Gasteiger partial charge on any atom is -0.290 e. The average Bonchev–Trinajstić information content (AvgIpc) is 1.98. The van der Waals surface area contributed by atoms with E-state index in [9.17, 15) is 10.1 Å². The van der Waals surface area contributed by atoms with Gasteiger partial charge in [-0.3, -0.25) is 20.8 Å². The molecule has 0 aliphatic rings. The second-order valence-corrected chi connectivity index (χ2v) is 2.65. The minimum absolute atomic E-state index is 0.137. The molecule has 0 amide bonds. The predicted octanol–water partition coefficient (Wildman–Crippen LogP) is 1.62. The number of hydrogen-bond donors (Lipinski definition) is 2. The van der Waals surface area contributed by atoms with Gasteiger partial charge in [-0.25, -0.2) is 0 Å². The van der Waals surface area contributed by atoms with Crippen LogP contribution in [0.15, 0.2) is 22.5 Å². The summed E-state index contributed by atoms with van der Waals surface area (Å²) in [4.78, 5) is 9.75. The average molecular weight is 193 g/mol. The Balaban J connectivity index is 4.82. The number of halogens is 1. The molecule has 0 saturated carbocycles. The number of nitrogens with zero attached hydrogens (tertiary/aromatic N) is 1. The van der Waals surface area contributed by atoms with Crippen LogP contribution in [0, 0.1) is 10.1 Å². The zero-order valence-corrected chi connectivity index (χ0v) is 7.42. The first kappa shape index (κ1) is 10.9. The third kappa shape index (κ3) is 3.36. The highest BCUT2D eigenvalue weighted by Crippen LogP contribution is 2.09. The van der Waals surface area contributed by atoms with Gasteiger partial charge < -0.3 is 0 Å². The fourth-order valence-corrected chi connectivity index (χ4v) is 0.635. The summed E-state index contributed by atoms with van der Waals surface area (Å²) >= 11 is 5.31. The molecule has 68 valence electrons. The normalized spacial score (nSPS) is 10.8. The molecule has 0 rings (SSSR count). The second-order valence-electron chi connectivity index (χ2n) is 2.25. The fraction of sp³-hybridized carbons (Fsp3) is 0.333. The minimum atomic E-state index is -0.574. The van der Waals surface area contributed by atoms with Crippen LogP contribution in [0.25, 0.3) is 0 Å². The lowest BCUT2D eigenvalue weighted by Gasteiger charge is -1.96. The standard InChI is InChI=1S/C6H9ClN2O3/c1-4(2)5(9(11)12)3-6(7)8-10/h3,8,10H,1-2H3/b6-3-. The topological polar surface area (TPSA) is 75.4 Å². The summed E-state index contributed by atoms with van der Waals surface area (Å²) in [6.45, 7) is 3.16. The Bertz CT molecular complexity index is 243. The van der Waals surface area contributed by atoms with E-state index in [0.29, 0.717) is 5.57 Å². The molecule has 0 aliphatic heterocycles. The van der Waals surface area contributed by atoms with Crippen LogP contribution in [0.4, 0.5) is 0 Å². The number of rotatable bonds is 3. The van der Waals surface area contributed by atoms with Crippen molar-refractivity contribution in [3.8, 4) is 0 Å². The molecular weight excluding hydrogens is 184 g/mol. The van der Waals surface area contributed by atoms with Crippen molar-refractivity contribution in [2.75, 3.05) is 0 Å². The third-order valence-electron chi connectivity index (χ3n) is 1.08. The SMILES string of the molecule is CC(C)=C(/C=C(/Cl)NO)[N+](=O)[O-]. The van der Waals surface area contributed by atoms with Crippen molar-refractivity contribution in [3.63, 3.8) is 0 Å². The van der Waals surface area contributed by atoms with Crippen LogP contribution >= 0.6 is 11.6 Å². The smallest absolute Gasteiger partial charge is 0.271 e. The first-order chi connectivity index (χ1) is 5.49. The molecule has 5 nitrogen and oxygen atoms in total. The molecule has 0 fully saturated rings. The van der Waals surface area contributed by atoms with E-state index < -0.39 is 4.92 Å². The predicted molar refractivity (Wildman–Crippen MR) is 44.2 cm³/mol. The molecule has 0 saturated heterocycles. The van der Waals surface area contributed by atoms with Gasteiger partial charge in [0.15, 0.2) is 0 Å². The van der Waals surface area contributed by atoms with Gasteiger partial charge in [0.1, 0.15) is 5.16 Å². The molecule has 0 radical (unpaired) electrons. The van der Waals surface area contributed by atoms with Crippen LogP contribution in [0.2, 0.25) is 0 Å². The van der Waals surface area contributed by atoms with Crippen LogP contribution in [-0.4, -0.2) is 10.1 Å². The molecule has 0 aliphatic carbocycles. The molecule has 0 aromatic carbocycles. The second kappa shape index (κ2) is 4.74. The Morgan fingerprint density at radius 2 is 2.17 bits per heavy atom. The van der Waals surface area contributed by atoms with Gasteiger partial charge in [-0.05, 0) is 13.8 Å². The fourth-order valence-electron chi connectivity index (χ4n) is 0.532. The summed E-state index contributed by atoms with van der Waals surface area (Å²) < 4.78 is 0. The lowest BCUT2D eigenvalue weighted by Crippen LogP contribution is -2.04. The number of hydroxylamine groups is 1. The van der Waals surface area contributed by atoms with Crippen molar-refractivity contribution in [2.45, 2.75) is 13.8 Å². The molecule has 2 N–H and O–H groups in total. The van der Waals surface area contributed by atoms with Crippen molar-refractivity contribution in [1.82, 2.24) is 5.48 Å². The van der Waals surface area contributed by atoms with Crippen molar-refractivity contribution in [1.29, 1.82) is 0 Å². The first-order valence-electron chi connectivity index (χ1n) is 3.08. The number of nitro groups is 1. The molecular formula is C6H9ClN2O3. The van der Waals surface area contributed by atoms with E-state index in [4.69, 9.17) is 16.8 Å². The molecule has 0 heterocycles. The van der Waals surface area contributed by atoms with Gasteiger partial charge in [0.05, 0.1) is 11.0 Å². The summed E-state index contributed by atoms with van der Waals surface area (Å²) in [6, 6.07) is 0. The highest BCUT2D eigenvalue weighted by Gasteiger charge is 2.09. The first-order valence-corrected chi connectivity index (χ1v) is 3.46. The monoisotopic (exact) mass is 192 g/mol. The molecule has 0 atom stereocenters. The van der Waals surface area contributed by atoms with Gasteiger partial charge in [0.25, 0.3) is 5.70 Å². The highest BCUT2D eigenvalue weighted by atomic mass is 35.5. The van der Waals surface area contributed by atoms with E-state index in [1.807, 2.05) is 0 Å². The quantitative estimate of drug-likeness (QED) is 0.308. The Hall–Kier alpha value is -1.07. The largest absolute Gasteiger partial charge is 0.290 e. The molecule has 0 bridgehead atoms. The summed E-state index contributed by atoms with van der Waals surface area (Å²) in [5.74, 6) is 0. The van der Waals surface area contributed by atoms with Crippen molar-refractivity contribution >= 4 is 11.6 Å². The molecule has 6 heteroatoms. The van der Waals surface area contributed by atoms with Crippen LogP contribution in [0.5, 0.6) is 0 Å². The van der Waals surface area contributed by atoms with Crippen molar-refractivity contribution < 1.29 is 10.1 Å². The highest BCUT2D eigenvalue weighted by molar-refractivity contribution is 6.29. The maximum Gasteiger partial charge on any atom is 0.271 e. The maximum absolute atomic E-state index is 10.3. The number of nitrogens with one attached hydrogen (secondary N) is 1. The van der Waals surface area contributed by atoms with Crippen molar-refractivity contribution in [2.24, 2.45) is 0 Å². The Morgan fingerprint density at radius 1 is 1.67 bits per heavy atom. The molecule has 0 spiro atoms. The number of hydrogen-bond acceptors (Lipinski definition) is 4. The van der Waals surface area contributed by atoms with Gasteiger partial charge in [-0.1, -0.05) is 11.6 Å². The Kier molecular flexibility index (Phi) is 4.31. The molecule has 0 aromatic heterocycles. The molecule has 12 heavy (non-hydrogen) atoms. The van der Waals surface area contributed by atoms with Gasteiger partial charge in [0.2, 0.25) is 0 Å². The zero-order chi connectivity index (χ0) is 9.72. The van der Waals surface area contributed by atoms with E-state index in [2.05, 4.69) is 0 Å². The molecule has 0 aromatic rings. The van der Waals surface area contributed by atoms with Crippen molar-refractivity contribution in [3.05, 3.63) is 32.6 Å². The van der Waals surface area contributed by atoms with E-state index in [0.717, 1.165) is 6.08 Å². The molecule has 0 unspecified atom stereocenters. The summed E-state index contributed by atoms with van der Waals surface area (Å²) in [5, 5.41) is 18.4. The Morgan fingerprint density at radius 3 is 2.42 bits per heavy atom. The lowest BCUT2D eigenvalue weighted by atomic mass is 10.2. The third-order valence-corrected chi connectivity index (χ3v) is 1.27. The van der Waals surface area contributed by atoms with E-state index in [1.165, 1.54) is 0 Å². The van der Waals surface area contributed by atoms with E-state index in [1.54, 1.807) is 19.3 Å². The van der Waals surface area contributed by atoms with Gasteiger partial charge in [0, 0.05) is 5.57 Å². The summed E-state index contributed by atoms with van der Waals surface area (Å²) in [7, 11) is 0. The maximum atomic E-state index is 10.3. The number of allylic oxidation sites excluding steroid dienone is 2. The van der Waals surface area contributed by atoms with Gasteiger partial charge in [-0.2, -0.15) is 0 Å².